The van der Waals surface area contributed by atoms with Crippen LogP contribution in [-0.2, 0) is 16.2 Å². The van der Waals surface area contributed by atoms with Gasteiger partial charge in [-0.25, -0.2) is 0 Å². The van der Waals surface area contributed by atoms with Crippen LogP contribution >= 0.6 is 0 Å². The molecule has 0 amide bonds. The van der Waals surface area contributed by atoms with Crippen molar-refractivity contribution in [3.8, 4) is 69.6 Å². The summed E-state index contributed by atoms with van der Waals surface area (Å²) >= 11 is 0. The lowest BCUT2D eigenvalue weighted by Gasteiger charge is -2.34. The molecule has 2 atom stereocenters. The Bertz CT molecular complexity index is 3220. The monoisotopic (exact) mass is 915 g/mol. The molecule has 0 aromatic heterocycles. The van der Waals surface area contributed by atoms with Crippen LogP contribution in [0.4, 0.5) is 0 Å². The highest BCUT2D eigenvalue weighted by molar-refractivity contribution is 5.93. The Morgan fingerprint density at radius 1 is 0.357 bits per heavy atom. The van der Waals surface area contributed by atoms with Crippen molar-refractivity contribution in [3.63, 3.8) is 0 Å². The third-order valence-corrected chi connectivity index (χ3v) is 14.3. The molecule has 0 bridgehead atoms. The Kier molecular flexibility index (Phi) is 14.6. The predicted molar refractivity (Wildman–Crippen MR) is 300 cm³/mol. The molecule has 0 fully saturated rings. The van der Waals surface area contributed by atoms with Gasteiger partial charge in [0.15, 0.2) is 0 Å². The lowest BCUT2D eigenvalue weighted by molar-refractivity contribution is 0.475. The maximum atomic E-state index is 10.0. The van der Waals surface area contributed by atoms with Crippen LogP contribution in [0.5, 0.6) is 11.5 Å². The molecule has 12 rings (SSSR count). The number of terminal acetylenes is 2. The highest BCUT2D eigenvalue weighted by Gasteiger charge is 2.47. The molecule has 0 radical (unpaired) electrons. The molecule has 2 heteroatoms. The molecule has 70 heavy (non-hydrogen) atoms. The summed E-state index contributed by atoms with van der Waals surface area (Å²) in [4.78, 5) is 0. The number of hydrogen-bond donors (Lipinski definition) is 2. The van der Waals surface area contributed by atoms with Crippen molar-refractivity contribution in [1.82, 2.24) is 0 Å². The van der Waals surface area contributed by atoms with Crippen LogP contribution in [0.1, 0.15) is 120 Å². The van der Waals surface area contributed by atoms with Crippen LogP contribution < -0.4 is 0 Å². The van der Waals surface area contributed by atoms with Crippen molar-refractivity contribution < 1.29 is 10.2 Å². The zero-order valence-electron chi connectivity index (χ0n) is 41.3. The first-order valence-electron chi connectivity index (χ1n) is 24.6. The Labute approximate surface area is 417 Å². The summed E-state index contributed by atoms with van der Waals surface area (Å²) in [6, 6.07) is 63.8. The van der Waals surface area contributed by atoms with Gasteiger partial charge in [-0.2, -0.15) is 0 Å². The standard InChI is InChI=1S/C33H22O2.C28H22.3C2H6.CH4/c34-27-15-11-21-17-25(13-9-23(21)19-27)33(26-14-10-24-20-28(35)16-12-22(24)18-26)31-7-3-1-5-29(31)30-6-2-4-8-32(30)33;1-5-15-27(3)23-13-9-7-11-19(23)21-18-26-22(17-25(21)27)20-12-8-10-14-24(20)28(26,4)16-6-2;3*1-2;/h1-20,34-35H;1-2,7-14,17-18H,15-16H2,3-4H3;3*1-2H3;1H4. The van der Waals surface area contributed by atoms with Gasteiger partial charge in [-0.15, -0.1) is 24.7 Å². The van der Waals surface area contributed by atoms with E-state index in [1.54, 1.807) is 12.1 Å². The number of hydrogen-bond acceptors (Lipinski definition) is 2. The molecule has 2 unspecified atom stereocenters. The first kappa shape index (κ1) is 50.1. The highest BCUT2D eigenvalue weighted by atomic mass is 16.3. The van der Waals surface area contributed by atoms with E-state index in [0.717, 1.165) is 21.5 Å². The van der Waals surface area contributed by atoms with Gasteiger partial charge in [-0.1, -0.05) is 196 Å². The van der Waals surface area contributed by atoms with Crippen LogP contribution in [0.3, 0.4) is 0 Å². The van der Waals surface area contributed by atoms with Gasteiger partial charge in [0.1, 0.15) is 11.5 Å². The second kappa shape index (κ2) is 20.4. The zero-order chi connectivity index (χ0) is 49.1. The Hall–Kier alpha value is -7.78. The van der Waals surface area contributed by atoms with E-state index in [1.807, 2.05) is 65.8 Å². The zero-order valence-corrected chi connectivity index (χ0v) is 41.3. The smallest absolute Gasteiger partial charge is 0.116 e. The normalized spacial score (nSPS) is 16.3. The third kappa shape index (κ3) is 7.83. The van der Waals surface area contributed by atoms with Crippen LogP contribution in [0.2, 0.25) is 0 Å². The van der Waals surface area contributed by atoms with Crippen LogP contribution in [-0.4, -0.2) is 10.2 Å². The van der Waals surface area contributed by atoms with E-state index in [-0.39, 0.29) is 29.8 Å². The summed E-state index contributed by atoms with van der Waals surface area (Å²) in [6.07, 6.45) is 13.0. The van der Waals surface area contributed by atoms with Crippen molar-refractivity contribution in [2.24, 2.45) is 0 Å². The number of phenols is 2. The van der Waals surface area contributed by atoms with E-state index in [4.69, 9.17) is 12.8 Å². The highest BCUT2D eigenvalue weighted by Crippen LogP contribution is 2.59. The Balaban J connectivity index is 0.000000188. The molecule has 3 aliphatic carbocycles. The largest absolute Gasteiger partial charge is 0.508 e. The number of rotatable bonds is 4. The van der Waals surface area contributed by atoms with Crippen LogP contribution in [0.25, 0.3) is 54.9 Å². The lowest BCUT2D eigenvalue weighted by Crippen LogP contribution is -2.28. The molecule has 9 aromatic rings. The first-order valence-corrected chi connectivity index (χ1v) is 24.6. The predicted octanol–water partition coefficient (Wildman–Crippen LogP) is 17.8. The molecule has 0 spiro atoms. The second-order valence-corrected chi connectivity index (χ2v) is 17.8. The molecule has 3 aliphatic rings. The molecule has 350 valence electrons. The van der Waals surface area contributed by atoms with Gasteiger partial charge >= 0.3 is 0 Å². The van der Waals surface area contributed by atoms with Crippen molar-refractivity contribution in [1.29, 1.82) is 0 Å². The molecule has 0 saturated carbocycles. The first-order chi connectivity index (χ1) is 33.7. The van der Waals surface area contributed by atoms with Crippen molar-refractivity contribution in [2.45, 2.75) is 91.9 Å². The molecule has 0 aliphatic heterocycles. The van der Waals surface area contributed by atoms with E-state index in [0.29, 0.717) is 12.8 Å². The van der Waals surface area contributed by atoms with Crippen LogP contribution in [0.15, 0.2) is 182 Å². The number of benzene rings is 9. The Morgan fingerprint density at radius 2 is 0.657 bits per heavy atom. The topological polar surface area (TPSA) is 40.5 Å². The number of aromatic hydroxyl groups is 2. The van der Waals surface area contributed by atoms with Gasteiger partial charge in [0.05, 0.1) is 5.41 Å². The number of phenolic OH excluding ortho intramolecular Hbond substituents is 2. The molecular formula is C68H66O2. The summed E-state index contributed by atoms with van der Waals surface area (Å²) in [7, 11) is 0. The minimum absolute atomic E-state index is 0. The summed E-state index contributed by atoms with van der Waals surface area (Å²) in [6.45, 7) is 16.6. The maximum Gasteiger partial charge on any atom is 0.116 e. The van der Waals surface area contributed by atoms with Gasteiger partial charge in [-0.3, -0.25) is 0 Å². The van der Waals surface area contributed by atoms with E-state index in [1.165, 1.54) is 77.9 Å². The minimum atomic E-state index is -0.495. The fourth-order valence-corrected chi connectivity index (χ4v) is 11.4. The second-order valence-electron chi connectivity index (χ2n) is 17.8. The fourth-order valence-electron chi connectivity index (χ4n) is 11.4. The summed E-state index contributed by atoms with van der Waals surface area (Å²) in [5.74, 6) is 6.40. The van der Waals surface area contributed by atoms with Gasteiger partial charge < -0.3 is 10.2 Å². The summed E-state index contributed by atoms with van der Waals surface area (Å²) in [5, 5.41) is 24.2. The van der Waals surface area contributed by atoms with E-state index in [2.05, 4.69) is 171 Å². The number of fused-ring (bicyclic) bond motifs is 11. The van der Waals surface area contributed by atoms with Gasteiger partial charge in [-0.05, 0) is 148 Å². The fraction of sp³-hybridized carbons (Fsp3) is 0.206. The summed E-state index contributed by atoms with van der Waals surface area (Å²) in [5.41, 5.74) is 17.1. The van der Waals surface area contributed by atoms with Gasteiger partial charge in [0, 0.05) is 23.7 Å². The van der Waals surface area contributed by atoms with E-state index in [9.17, 15) is 10.2 Å². The molecular weight excluding hydrogens is 849 g/mol. The van der Waals surface area contributed by atoms with Crippen molar-refractivity contribution in [2.75, 3.05) is 0 Å². The van der Waals surface area contributed by atoms with Crippen molar-refractivity contribution >= 4 is 21.5 Å². The minimum Gasteiger partial charge on any atom is -0.508 e. The molecule has 2 nitrogen and oxygen atoms in total. The Morgan fingerprint density at radius 3 is 1.01 bits per heavy atom. The van der Waals surface area contributed by atoms with E-state index >= 15 is 0 Å². The van der Waals surface area contributed by atoms with Gasteiger partial charge in [0.25, 0.3) is 0 Å². The maximum absolute atomic E-state index is 10.0. The SMILES string of the molecule is C.C#CCC1(C)c2ccccc2-c2cc3c(cc21)-c1ccccc1C3(C)CC#C.CC.CC.CC.Oc1ccc2cc(C3(c4ccc5cc(O)ccc5c4)c4ccccc4-c4ccccc43)ccc2c1. The quantitative estimate of drug-likeness (QED) is 0.173. The molecule has 0 heterocycles. The molecule has 9 aromatic carbocycles. The van der Waals surface area contributed by atoms with E-state index < -0.39 is 5.41 Å². The van der Waals surface area contributed by atoms with Crippen molar-refractivity contribution in [3.05, 3.63) is 226 Å². The van der Waals surface area contributed by atoms with Gasteiger partial charge in [0.2, 0.25) is 0 Å². The lowest BCUT2D eigenvalue weighted by atomic mass is 9.67. The average molecular weight is 915 g/mol. The molecule has 2 N–H and O–H groups in total. The molecule has 0 saturated heterocycles. The summed E-state index contributed by atoms with van der Waals surface area (Å²) < 4.78 is 0. The van der Waals surface area contributed by atoms with Crippen LogP contribution in [0, 0.1) is 24.7 Å². The average Bonchev–Trinajstić information content (AvgIpc) is 3.93. The third-order valence-electron chi connectivity index (χ3n) is 14.3.